The number of hydrogen-bond donors (Lipinski definition) is 1. The molecule has 1 fully saturated rings. The standard InChI is InChI=1S/C14H18N2O2/c17-14(11-5-3-8-15-11)16-9-4-10-18-13-7-2-1-6-12(13)16/h1-2,6-7,11,15H,3-5,8-10H2/t11-/m1/s1. The molecular weight excluding hydrogens is 228 g/mol. The average Bonchev–Trinajstić information content (AvgIpc) is 2.85. The van der Waals surface area contributed by atoms with Crippen LogP contribution in [0.3, 0.4) is 0 Å². The summed E-state index contributed by atoms with van der Waals surface area (Å²) in [5.74, 6) is 1.01. The Morgan fingerprint density at radius 3 is 3.06 bits per heavy atom. The fraction of sp³-hybridized carbons (Fsp3) is 0.500. The molecule has 0 bridgehead atoms. The number of anilines is 1. The molecule has 3 rings (SSSR count). The molecule has 1 aromatic carbocycles. The lowest BCUT2D eigenvalue weighted by Crippen LogP contribution is -2.44. The second-order valence-corrected chi connectivity index (χ2v) is 4.81. The van der Waals surface area contributed by atoms with Crippen molar-refractivity contribution in [3.63, 3.8) is 0 Å². The van der Waals surface area contributed by atoms with Crippen molar-refractivity contribution in [1.29, 1.82) is 0 Å². The van der Waals surface area contributed by atoms with Gasteiger partial charge in [0, 0.05) is 6.54 Å². The maximum absolute atomic E-state index is 12.5. The normalized spacial score (nSPS) is 23.1. The van der Waals surface area contributed by atoms with E-state index in [1.165, 1.54) is 0 Å². The average molecular weight is 246 g/mol. The molecular formula is C14H18N2O2. The molecule has 1 N–H and O–H groups in total. The number of rotatable bonds is 1. The predicted molar refractivity (Wildman–Crippen MR) is 69.9 cm³/mol. The number of para-hydroxylation sites is 2. The van der Waals surface area contributed by atoms with Crippen LogP contribution in [0.5, 0.6) is 5.75 Å². The lowest BCUT2D eigenvalue weighted by Gasteiger charge is -2.24. The van der Waals surface area contributed by atoms with E-state index in [0.717, 1.165) is 43.8 Å². The van der Waals surface area contributed by atoms with Gasteiger partial charge in [-0.25, -0.2) is 0 Å². The summed E-state index contributed by atoms with van der Waals surface area (Å²) in [5.41, 5.74) is 0.911. The maximum atomic E-state index is 12.5. The largest absolute Gasteiger partial charge is 0.491 e. The van der Waals surface area contributed by atoms with E-state index < -0.39 is 0 Å². The number of amides is 1. The Kier molecular flexibility index (Phi) is 3.19. The van der Waals surface area contributed by atoms with E-state index >= 15 is 0 Å². The molecule has 1 aromatic rings. The minimum atomic E-state index is -0.0174. The monoisotopic (exact) mass is 246 g/mol. The highest BCUT2D eigenvalue weighted by molar-refractivity contribution is 5.98. The van der Waals surface area contributed by atoms with E-state index in [0.29, 0.717) is 6.61 Å². The van der Waals surface area contributed by atoms with Crippen molar-refractivity contribution in [2.75, 3.05) is 24.6 Å². The molecule has 0 aliphatic carbocycles. The van der Waals surface area contributed by atoms with Gasteiger partial charge in [0.15, 0.2) is 0 Å². The highest BCUT2D eigenvalue weighted by atomic mass is 16.5. The Bertz CT molecular complexity index is 441. The number of hydrogen-bond acceptors (Lipinski definition) is 3. The first-order valence-corrected chi connectivity index (χ1v) is 6.63. The molecule has 1 atom stereocenters. The molecule has 0 radical (unpaired) electrons. The van der Waals surface area contributed by atoms with Crippen LogP contribution in [0.25, 0.3) is 0 Å². The van der Waals surface area contributed by atoms with Crippen molar-refractivity contribution in [1.82, 2.24) is 5.32 Å². The first kappa shape index (κ1) is 11.5. The molecule has 96 valence electrons. The third kappa shape index (κ3) is 2.08. The number of benzene rings is 1. The Morgan fingerprint density at radius 1 is 1.33 bits per heavy atom. The first-order valence-electron chi connectivity index (χ1n) is 6.63. The van der Waals surface area contributed by atoms with Gasteiger partial charge in [0.1, 0.15) is 5.75 Å². The van der Waals surface area contributed by atoms with Crippen molar-refractivity contribution < 1.29 is 9.53 Å². The molecule has 0 saturated carbocycles. The van der Waals surface area contributed by atoms with Crippen molar-refractivity contribution in [2.45, 2.75) is 25.3 Å². The molecule has 0 spiro atoms. The van der Waals surface area contributed by atoms with E-state index in [2.05, 4.69) is 5.32 Å². The summed E-state index contributed by atoms with van der Waals surface area (Å²) < 4.78 is 5.68. The van der Waals surface area contributed by atoms with Gasteiger partial charge in [-0.15, -0.1) is 0 Å². The number of carbonyl (C=O) groups excluding carboxylic acids is 1. The maximum Gasteiger partial charge on any atom is 0.244 e. The second kappa shape index (κ2) is 4.98. The summed E-state index contributed by atoms with van der Waals surface area (Å²) in [6.45, 7) is 2.37. The van der Waals surface area contributed by atoms with Crippen molar-refractivity contribution in [3.8, 4) is 5.75 Å². The van der Waals surface area contributed by atoms with Gasteiger partial charge in [-0.05, 0) is 37.9 Å². The van der Waals surface area contributed by atoms with E-state index in [-0.39, 0.29) is 11.9 Å². The van der Waals surface area contributed by atoms with Gasteiger partial charge < -0.3 is 15.0 Å². The van der Waals surface area contributed by atoms with Crippen LogP contribution in [0.2, 0.25) is 0 Å². The van der Waals surface area contributed by atoms with Gasteiger partial charge >= 0.3 is 0 Å². The minimum absolute atomic E-state index is 0.0174. The van der Waals surface area contributed by atoms with Gasteiger partial charge in [-0.1, -0.05) is 12.1 Å². The lowest BCUT2D eigenvalue weighted by atomic mass is 10.1. The van der Waals surface area contributed by atoms with E-state index in [1.54, 1.807) is 0 Å². The second-order valence-electron chi connectivity index (χ2n) is 4.81. The summed E-state index contributed by atoms with van der Waals surface area (Å²) in [4.78, 5) is 14.4. The van der Waals surface area contributed by atoms with Gasteiger partial charge in [0.05, 0.1) is 18.3 Å². The molecule has 0 aromatic heterocycles. The fourth-order valence-corrected chi connectivity index (χ4v) is 2.64. The van der Waals surface area contributed by atoms with Crippen LogP contribution in [-0.4, -0.2) is 31.6 Å². The molecule has 0 unspecified atom stereocenters. The minimum Gasteiger partial charge on any atom is -0.491 e. The fourth-order valence-electron chi connectivity index (χ4n) is 2.64. The molecule has 1 saturated heterocycles. The van der Waals surface area contributed by atoms with Crippen LogP contribution in [0.15, 0.2) is 24.3 Å². The zero-order valence-corrected chi connectivity index (χ0v) is 10.4. The quantitative estimate of drug-likeness (QED) is 0.817. The third-order valence-electron chi connectivity index (χ3n) is 3.56. The first-order chi connectivity index (χ1) is 8.86. The highest BCUT2D eigenvalue weighted by Crippen LogP contribution is 2.31. The van der Waals surface area contributed by atoms with E-state index in [1.807, 2.05) is 29.2 Å². The van der Waals surface area contributed by atoms with Gasteiger partial charge in [-0.2, -0.15) is 0 Å². The zero-order valence-electron chi connectivity index (χ0n) is 10.4. The molecule has 2 heterocycles. The topological polar surface area (TPSA) is 41.6 Å². The molecule has 18 heavy (non-hydrogen) atoms. The summed E-state index contributed by atoms with van der Waals surface area (Å²) in [6, 6.07) is 7.78. The third-order valence-corrected chi connectivity index (χ3v) is 3.56. The Labute approximate surface area is 107 Å². The lowest BCUT2D eigenvalue weighted by molar-refractivity contribution is -0.120. The molecule has 4 nitrogen and oxygen atoms in total. The van der Waals surface area contributed by atoms with E-state index in [9.17, 15) is 4.79 Å². The number of fused-ring (bicyclic) bond motifs is 1. The van der Waals surface area contributed by atoms with Crippen LogP contribution in [-0.2, 0) is 4.79 Å². The van der Waals surface area contributed by atoms with Crippen molar-refractivity contribution >= 4 is 11.6 Å². The summed E-state index contributed by atoms with van der Waals surface area (Å²) in [7, 11) is 0. The van der Waals surface area contributed by atoms with Crippen molar-refractivity contribution in [3.05, 3.63) is 24.3 Å². The van der Waals surface area contributed by atoms with Gasteiger partial charge in [0.2, 0.25) is 5.91 Å². The summed E-state index contributed by atoms with van der Waals surface area (Å²) in [6.07, 6.45) is 2.91. The summed E-state index contributed by atoms with van der Waals surface area (Å²) >= 11 is 0. The van der Waals surface area contributed by atoms with E-state index in [4.69, 9.17) is 4.74 Å². The van der Waals surface area contributed by atoms with Crippen LogP contribution in [0.4, 0.5) is 5.69 Å². The van der Waals surface area contributed by atoms with Crippen LogP contribution >= 0.6 is 0 Å². The number of nitrogens with one attached hydrogen (secondary N) is 1. The number of nitrogens with zero attached hydrogens (tertiary/aromatic N) is 1. The Morgan fingerprint density at radius 2 is 2.22 bits per heavy atom. The Balaban J connectivity index is 1.88. The Hall–Kier alpha value is -1.55. The molecule has 2 aliphatic rings. The number of carbonyl (C=O) groups is 1. The van der Waals surface area contributed by atoms with Crippen LogP contribution in [0.1, 0.15) is 19.3 Å². The number of ether oxygens (including phenoxy) is 1. The predicted octanol–water partition coefficient (Wildman–Crippen LogP) is 1.55. The SMILES string of the molecule is O=C([C@H]1CCCN1)N1CCCOc2ccccc21. The molecule has 1 amide bonds. The van der Waals surface area contributed by atoms with Gasteiger partial charge in [0.25, 0.3) is 0 Å². The highest BCUT2D eigenvalue weighted by Gasteiger charge is 2.29. The van der Waals surface area contributed by atoms with Crippen LogP contribution in [0, 0.1) is 0 Å². The molecule has 4 heteroatoms. The van der Waals surface area contributed by atoms with Crippen molar-refractivity contribution in [2.24, 2.45) is 0 Å². The molecule has 2 aliphatic heterocycles. The zero-order chi connectivity index (χ0) is 12.4. The van der Waals surface area contributed by atoms with Crippen LogP contribution < -0.4 is 15.0 Å². The smallest absolute Gasteiger partial charge is 0.244 e. The van der Waals surface area contributed by atoms with Gasteiger partial charge in [-0.3, -0.25) is 4.79 Å². The summed E-state index contributed by atoms with van der Waals surface area (Å²) in [5, 5.41) is 3.27.